The van der Waals surface area contributed by atoms with Gasteiger partial charge in [0.2, 0.25) is 0 Å². The summed E-state index contributed by atoms with van der Waals surface area (Å²) in [6.07, 6.45) is 5.80. The van der Waals surface area contributed by atoms with Gasteiger partial charge in [0.05, 0.1) is 5.52 Å². The number of nitrogens with one attached hydrogen (secondary N) is 1. The average Bonchev–Trinajstić information content (AvgIpc) is 3.02. The minimum atomic E-state index is -0.164. The van der Waals surface area contributed by atoms with Gasteiger partial charge >= 0.3 is 6.03 Å². The van der Waals surface area contributed by atoms with Crippen molar-refractivity contribution in [1.29, 1.82) is 0 Å². The number of rotatable bonds is 1. The summed E-state index contributed by atoms with van der Waals surface area (Å²) in [4.78, 5) is 12.3. The minimum Gasteiger partial charge on any atom is -0.333 e. The largest absolute Gasteiger partial charge is 0.344 e. The van der Waals surface area contributed by atoms with Crippen molar-refractivity contribution in [3.05, 3.63) is 23.3 Å². The molecular weight excluding hydrogens is 300 g/mol. The van der Waals surface area contributed by atoms with Gasteiger partial charge in [-0.05, 0) is 49.9 Å². The van der Waals surface area contributed by atoms with Crippen LogP contribution in [0.1, 0.15) is 70.9 Å². The van der Waals surface area contributed by atoms with Crippen molar-refractivity contribution >= 4 is 17.1 Å². The van der Waals surface area contributed by atoms with E-state index in [2.05, 4.69) is 15.6 Å². The molecule has 5 nitrogen and oxygen atoms in total. The molecule has 1 aromatic heterocycles. The maximum absolute atomic E-state index is 12.3. The van der Waals surface area contributed by atoms with E-state index in [1.54, 1.807) is 0 Å². The lowest BCUT2D eigenvalue weighted by molar-refractivity contribution is 0.231. The van der Waals surface area contributed by atoms with E-state index < -0.39 is 0 Å². The van der Waals surface area contributed by atoms with E-state index in [1.807, 2.05) is 53.7 Å². The Morgan fingerprint density at radius 1 is 1.04 bits per heavy atom. The molecular formula is C19H32N4O. The van der Waals surface area contributed by atoms with Crippen LogP contribution in [0, 0.1) is 13.8 Å². The standard InChI is InChI=1S/C15H20N4O.2C2H6/c1-10-8-13-14(9-11(10)2)19(18-17-13)15(20)16-12-6-4-3-5-7-12;2*1-2/h8-9,12H,3-7H2,1-2H3,(H,16,20);2*1-2H3. The predicted octanol–water partition coefficient (Wildman–Crippen LogP) is 4.99. The van der Waals surface area contributed by atoms with Gasteiger partial charge in [-0.25, -0.2) is 4.79 Å². The molecule has 24 heavy (non-hydrogen) atoms. The van der Waals surface area contributed by atoms with Crippen LogP contribution >= 0.6 is 0 Å². The number of aromatic nitrogens is 3. The van der Waals surface area contributed by atoms with Gasteiger partial charge < -0.3 is 5.32 Å². The number of hydrogen-bond acceptors (Lipinski definition) is 3. The van der Waals surface area contributed by atoms with Crippen LogP contribution in [-0.4, -0.2) is 27.1 Å². The normalized spacial score (nSPS) is 14.2. The van der Waals surface area contributed by atoms with Crippen LogP contribution in [0.4, 0.5) is 4.79 Å². The summed E-state index contributed by atoms with van der Waals surface area (Å²) in [6.45, 7) is 12.1. The first-order valence-corrected chi connectivity index (χ1v) is 9.28. The van der Waals surface area contributed by atoms with E-state index in [1.165, 1.54) is 23.9 Å². The number of amides is 1. The Morgan fingerprint density at radius 2 is 1.62 bits per heavy atom. The van der Waals surface area contributed by atoms with Crippen molar-refractivity contribution in [2.75, 3.05) is 0 Å². The molecule has 1 aromatic carbocycles. The van der Waals surface area contributed by atoms with Crippen molar-refractivity contribution < 1.29 is 4.79 Å². The Bertz CT molecular complexity index is 642. The molecule has 1 heterocycles. The monoisotopic (exact) mass is 332 g/mol. The van der Waals surface area contributed by atoms with E-state index in [0.717, 1.165) is 35.0 Å². The Kier molecular flexibility index (Phi) is 8.44. The van der Waals surface area contributed by atoms with Crippen molar-refractivity contribution in [3.8, 4) is 0 Å². The third kappa shape index (κ3) is 4.79. The highest BCUT2D eigenvalue weighted by molar-refractivity contribution is 5.88. The highest BCUT2D eigenvalue weighted by Crippen LogP contribution is 2.19. The Labute approximate surface area is 145 Å². The molecule has 134 valence electrons. The zero-order valence-corrected chi connectivity index (χ0v) is 16.0. The van der Waals surface area contributed by atoms with Crippen LogP contribution < -0.4 is 5.32 Å². The molecule has 5 heteroatoms. The van der Waals surface area contributed by atoms with E-state index in [-0.39, 0.29) is 12.1 Å². The van der Waals surface area contributed by atoms with Crippen LogP contribution in [-0.2, 0) is 0 Å². The Hall–Kier alpha value is -1.91. The molecule has 0 bridgehead atoms. The number of carbonyl (C=O) groups is 1. The molecule has 1 amide bonds. The fourth-order valence-corrected chi connectivity index (χ4v) is 2.81. The van der Waals surface area contributed by atoms with Crippen molar-refractivity contribution in [2.24, 2.45) is 0 Å². The van der Waals surface area contributed by atoms with Gasteiger partial charge in [0.1, 0.15) is 5.52 Å². The summed E-state index contributed by atoms with van der Waals surface area (Å²) in [7, 11) is 0. The maximum Gasteiger partial charge on any atom is 0.344 e. The zero-order valence-electron chi connectivity index (χ0n) is 16.0. The van der Waals surface area contributed by atoms with Gasteiger partial charge in [-0.1, -0.05) is 52.2 Å². The van der Waals surface area contributed by atoms with Gasteiger partial charge in [-0.2, -0.15) is 4.68 Å². The first-order chi connectivity index (χ1) is 11.6. The zero-order chi connectivity index (χ0) is 18.1. The summed E-state index contributed by atoms with van der Waals surface area (Å²) < 4.78 is 1.39. The second-order valence-electron chi connectivity index (χ2n) is 5.71. The smallest absolute Gasteiger partial charge is 0.333 e. The minimum absolute atomic E-state index is 0.164. The fourth-order valence-electron chi connectivity index (χ4n) is 2.81. The second kappa shape index (κ2) is 10.1. The highest BCUT2D eigenvalue weighted by atomic mass is 16.2. The number of benzene rings is 1. The lowest BCUT2D eigenvalue weighted by atomic mass is 9.96. The SMILES string of the molecule is CC.CC.Cc1cc2nnn(C(=O)NC3CCCCC3)c2cc1C. The predicted molar refractivity (Wildman–Crippen MR) is 101 cm³/mol. The van der Waals surface area contributed by atoms with Crippen molar-refractivity contribution in [1.82, 2.24) is 20.3 Å². The number of aryl methyl sites for hydroxylation is 2. The van der Waals surface area contributed by atoms with E-state index in [9.17, 15) is 4.79 Å². The van der Waals surface area contributed by atoms with Gasteiger partial charge in [0.15, 0.2) is 0 Å². The summed E-state index contributed by atoms with van der Waals surface area (Å²) in [5, 5.41) is 11.2. The number of carbonyl (C=O) groups excluding carboxylic acids is 1. The lowest BCUT2D eigenvalue weighted by Gasteiger charge is -2.22. The summed E-state index contributed by atoms with van der Waals surface area (Å²) in [5.41, 5.74) is 3.86. The molecule has 1 fully saturated rings. The maximum atomic E-state index is 12.3. The molecule has 0 unspecified atom stereocenters. The molecule has 1 aliphatic carbocycles. The molecule has 0 radical (unpaired) electrons. The van der Waals surface area contributed by atoms with Gasteiger partial charge in [0, 0.05) is 6.04 Å². The second-order valence-corrected chi connectivity index (χ2v) is 5.71. The van der Waals surface area contributed by atoms with Crippen LogP contribution in [0.25, 0.3) is 11.0 Å². The molecule has 0 saturated heterocycles. The highest BCUT2D eigenvalue weighted by Gasteiger charge is 2.19. The molecule has 1 saturated carbocycles. The van der Waals surface area contributed by atoms with E-state index >= 15 is 0 Å². The van der Waals surface area contributed by atoms with E-state index in [4.69, 9.17) is 0 Å². The number of fused-ring (bicyclic) bond motifs is 1. The summed E-state index contributed by atoms with van der Waals surface area (Å²) in [6, 6.07) is 4.07. The molecule has 1 N–H and O–H groups in total. The Balaban J connectivity index is 0.000000671. The van der Waals surface area contributed by atoms with Crippen molar-refractivity contribution in [3.63, 3.8) is 0 Å². The van der Waals surface area contributed by atoms with Crippen LogP contribution in [0.2, 0.25) is 0 Å². The molecule has 0 aliphatic heterocycles. The van der Waals surface area contributed by atoms with Crippen LogP contribution in [0.5, 0.6) is 0 Å². The number of hydrogen-bond donors (Lipinski definition) is 1. The lowest BCUT2D eigenvalue weighted by Crippen LogP contribution is -2.39. The molecule has 0 atom stereocenters. The molecule has 1 aliphatic rings. The van der Waals surface area contributed by atoms with Gasteiger partial charge in [-0.15, -0.1) is 5.10 Å². The first-order valence-electron chi connectivity index (χ1n) is 9.28. The molecule has 3 rings (SSSR count). The van der Waals surface area contributed by atoms with Gasteiger partial charge in [-0.3, -0.25) is 0 Å². The first kappa shape index (κ1) is 20.1. The van der Waals surface area contributed by atoms with Crippen molar-refractivity contribution in [2.45, 2.75) is 79.7 Å². The average molecular weight is 332 g/mol. The molecule has 2 aromatic rings. The molecule has 0 spiro atoms. The summed E-state index contributed by atoms with van der Waals surface area (Å²) >= 11 is 0. The fraction of sp³-hybridized carbons (Fsp3) is 0.632. The van der Waals surface area contributed by atoms with Gasteiger partial charge in [0.25, 0.3) is 0 Å². The third-order valence-electron chi connectivity index (χ3n) is 4.19. The quantitative estimate of drug-likeness (QED) is 0.800. The van der Waals surface area contributed by atoms with Crippen LogP contribution in [0.15, 0.2) is 12.1 Å². The van der Waals surface area contributed by atoms with E-state index in [0.29, 0.717) is 0 Å². The third-order valence-corrected chi connectivity index (χ3v) is 4.19. The summed E-state index contributed by atoms with van der Waals surface area (Å²) in [5.74, 6) is 0. The number of nitrogens with zero attached hydrogens (tertiary/aromatic N) is 3. The topological polar surface area (TPSA) is 59.8 Å². The Morgan fingerprint density at radius 3 is 2.25 bits per heavy atom. The van der Waals surface area contributed by atoms with Crippen LogP contribution in [0.3, 0.4) is 0 Å².